The molecular weight excluding hydrogens is 272 g/mol. The third-order valence-corrected chi connectivity index (χ3v) is 4.67. The van der Waals surface area contributed by atoms with Crippen LogP contribution in [0.5, 0.6) is 0 Å². The number of aromatic nitrogens is 2. The lowest BCUT2D eigenvalue weighted by Crippen LogP contribution is -2.44. The predicted molar refractivity (Wildman–Crippen MR) is 80.9 cm³/mol. The number of hydrogen-bond donors (Lipinski definition) is 2. The zero-order valence-electron chi connectivity index (χ0n) is 12.5. The molecule has 0 spiro atoms. The molecular formula is C14H24N4OS. The third-order valence-electron chi connectivity index (χ3n) is 3.94. The summed E-state index contributed by atoms with van der Waals surface area (Å²) in [6.07, 6.45) is 4.81. The number of carbonyl (C=O) groups is 1. The van der Waals surface area contributed by atoms with Gasteiger partial charge in [0, 0.05) is 18.0 Å². The summed E-state index contributed by atoms with van der Waals surface area (Å²) in [6, 6.07) is 0.0694. The first kappa shape index (κ1) is 15.4. The number of nitrogens with zero attached hydrogens (tertiary/aromatic N) is 2. The van der Waals surface area contributed by atoms with E-state index in [-0.39, 0.29) is 17.4 Å². The van der Waals surface area contributed by atoms with Crippen LogP contribution in [-0.4, -0.2) is 28.1 Å². The molecule has 1 amide bonds. The van der Waals surface area contributed by atoms with E-state index in [2.05, 4.69) is 14.9 Å². The minimum atomic E-state index is -0.175. The van der Waals surface area contributed by atoms with E-state index in [0.717, 1.165) is 18.5 Å². The van der Waals surface area contributed by atoms with E-state index >= 15 is 0 Å². The lowest BCUT2D eigenvalue weighted by Gasteiger charge is -2.23. The van der Waals surface area contributed by atoms with Crippen LogP contribution in [0.25, 0.3) is 0 Å². The molecule has 2 rings (SSSR count). The number of rotatable bonds is 4. The Morgan fingerprint density at radius 3 is 2.65 bits per heavy atom. The second-order valence-electron chi connectivity index (χ2n) is 6.56. The molecule has 1 heterocycles. The third kappa shape index (κ3) is 3.35. The second-order valence-corrected chi connectivity index (χ2v) is 7.31. The Balaban J connectivity index is 2.09. The Kier molecular flexibility index (Phi) is 4.75. The molecule has 0 radical (unpaired) electrons. The Labute approximate surface area is 124 Å². The SMILES string of the molecule is CC(C)(C)c1nnsc1C(=O)NC(CN)C1CCCC1. The van der Waals surface area contributed by atoms with Crippen molar-refractivity contribution in [3.8, 4) is 0 Å². The van der Waals surface area contributed by atoms with Gasteiger partial charge in [0.25, 0.3) is 5.91 Å². The molecule has 1 aliphatic carbocycles. The second kappa shape index (κ2) is 6.18. The minimum absolute atomic E-state index is 0.0694. The van der Waals surface area contributed by atoms with Gasteiger partial charge in [-0.2, -0.15) is 0 Å². The first-order valence-corrected chi connectivity index (χ1v) is 8.04. The molecule has 0 saturated heterocycles. The molecule has 0 aromatic carbocycles. The Morgan fingerprint density at radius 1 is 1.45 bits per heavy atom. The molecule has 1 fully saturated rings. The Hall–Kier alpha value is -1.01. The molecule has 112 valence electrons. The predicted octanol–water partition coefficient (Wildman–Crippen LogP) is 2.08. The van der Waals surface area contributed by atoms with E-state index < -0.39 is 0 Å². The average Bonchev–Trinajstić information content (AvgIpc) is 3.04. The molecule has 20 heavy (non-hydrogen) atoms. The van der Waals surface area contributed by atoms with Crippen LogP contribution < -0.4 is 11.1 Å². The summed E-state index contributed by atoms with van der Waals surface area (Å²) in [7, 11) is 0. The summed E-state index contributed by atoms with van der Waals surface area (Å²) in [6.45, 7) is 6.61. The number of nitrogens with one attached hydrogen (secondary N) is 1. The fourth-order valence-corrected chi connectivity index (χ4v) is 3.57. The minimum Gasteiger partial charge on any atom is -0.347 e. The van der Waals surface area contributed by atoms with Crippen molar-refractivity contribution < 1.29 is 4.79 Å². The maximum Gasteiger partial charge on any atom is 0.265 e. The number of amides is 1. The van der Waals surface area contributed by atoms with Gasteiger partial charge in [-0.15, -0.1) is 5.10 Å². The van der Waals surface area contributed by atoms with Crippen molar-refractivity contribution in [2.75, 3.05) is 6.54 Å². The van der Waals surface area contributed by atoms with E-state index in [9.17, 15) is 4.79 Å². The first-order valence-electron chi connectivity index (χ1n) is 7.27. The zero-order chi connectivity index (χ0) is 14.8. The van der Waals surface area contributed by atoms with Crippen LogP contribution in [0.15, 0.2) is 0 Å². The van der Waals surface area contributed by atoms with Gasteiger partial charge in [0.15, 0.2) is 0 Å². The smallest absolute Gasteiger partial charge is 0.265 e. The summed E-state index contributed by atoms with van der Waals surface area (Å²) in [5.74, 6) is 0.440. The van der Waals surface area contributed by atoms with Crippen LogP contribution in [-0.2, 0) is 5.41 Å². The highest BCUT2D eigenvalue weighted by molar-refractivity contribution is 7.08. The molecule has 1 aromatic rings. The number of carbonyl (C=O) groups excluding carboxylic acids is 1. The van der Waals surface area contributed by atoms with Crippen LogP contribution in [0.2, 0.25) is 0 Å². The maximum absolute atomic E-state index is 12.5. The van der Waals surface area contributed by atoms with Crippen LogP contribution in [0.3, 0.4) is 0 Å². The van der Waals surface area contributed by atoms with Crippen molar-refractivity contribution in [3.05, 3.63) is 10.6 Å². The van der Waals surface area contributed by atoms with Crippen LogP contribution in [0, 0.1) is 5.92 Å². The Morgan fingerprint density at radius 2 is 2.10 bits per heavy atom. The van der Waals surface area contributed by atoms with E-state index in [1.165, 1.54) is 24.4 Å². The van der Waals surface area contributed by atoms with Crippen molar-refractivity contribution in [2.45, 2.75) is 57.9 Å². The van der Waals surface area contributed by atoms with Gasteiger partial charge < -0.3 is 11.1 Å². The molecule has 1 atom stereocenters. The zero-order valence-corrected chi connectivity index (χ0v) is 13.3. The van der Waals surface area contributed by atoms with Crippen molar-refractivity contribution in [1.29, 1.82) is 0 Å². The van der Waals surface area contributed by atoms with Crippen molar-refractivity contribution in [3.63, 3.8) is 0 Å². The fourth-order valence-electron chi connectivity index (χ4n) is 2.79. The quantitative estimate of drug-likeness (QED) is 0.891. The summed E-state index contributed by atoms with van der Waals surface area (Å²) in [5.41, 5.74) is 6.43. The monoisotopic (exact) mass is 296 g/mol. The van der Waals surface area contributed by atoms with Gasteiger partial charge in [-0.3, -0.25) is 4.79 Å². The highest BCUT2D eigenvalue weighted by Crippen LogP contribution is 2.29. The molecule has 6 heteroatoms. The molecule has 0 bridgehead atoms. The van der Waals surface area contributed by atoms with E-state index in [1.54, 1.807) is 0 Å². The van der Waals surface area contributed by atoms with E-state index in [0.29, 0.717) is 17.3 Å². The van der Waals surface area contributed by atoms with Crippen LogP contribution in [0.1, 0.15) is 61.8 Å². The highest BCUT2D eigenvalue weighted by atomic mass is 32.1. The van der Waals surface area contributed by atoms with Crippen molar-refractivity contribution in [2.24, 2.45) is 11.7 Å². The van der Waals surface area contributed by atoms with Gasteiger partial charge in [0.2, 0.25) is 0 Å². The van der Waals surface area contributed by atoms with Gasteiger partial charge in [0.1, 0.15) is 4.88 Å². The number of hydrogen-bond acceptors (Lipinski definition) is 5. The molecule has 5 nitrogen and oxygen atoms in total. The van der Waals surface area contributed by atoms with Gasteiger partial charge >= 0.3 is 0 Å². The summed E-state index contributed by atoms with van der Waals surface area (Å²) in [4.78, 5) is 13.1. The molecule has 1 saturated carbocycles. The standard InChI is InChI=1S/C14H24N4OS/c1-14(2,3)12-11(20-18-17-12)13(19)16-10(8-15)9-6-4-5-7-9/h9-10H,4-8,15H2,1-3H3,(H,16,19). The molecule has 1 unspecified atom stereocenters. The Bertz CT molecular complexity index is 460. The van der Waals surface area contributed by atoms with E-state index in [1.807, 2.05) is 20.8 Å². The molecule has 1 aliphatic rings. The summed E-state index contributed by atoms with van der Waals surface area (Å²) in [5, 5.41) is 7.21. The largest absolute Gasteiger partial charge is 0.347 e. The topological polar surface area (TPSA) is 80.9 Å². The van der Waals surface area contributed by atoms with Crippen LogP contribution >= 0.6 is 11.5 Å². The summed E-state index contributed by atoms with van der Waals surface area (Å²) >= 11 is 1.17. The van der Waals surface area contributed by atoms with Crippen molar-refractivity contribution in [1.82, 2.24) is 14.9 Å². The van der Waals surface area contributed by atoms with Gasteiger partial charge in [-0.05, 0) is 30.3 Å². The molecule has 0 aliphatic heterocycles. The van der Waals surface area contributed by atoms with Gasteiger partial charge in [0.05, 0.1) is 5.69 Å². The lowest BCUT2D eigenvalue weighted by atomic mass is 9.91. The highest BCUT2D eigenvalue weighted by Gasteiger charge is 2.30. The van der Waals surface area contributed by atoms with Crippen LogP contribution in [0.4, 0.5) is 0 Å². The van der Waals surface area contributed by atoms with E-state index in [4.69, 9.17) is 5.73 Å². The van der Waals surface area contributed by atoms with Gasteiger partial charge in [-0.25, -0.2) is 0 Å². The fraction of sp³-hybridized carbons (Fsp3) is 0.786. The number of nitrogens with two attached hydrogens (primary N) is 1. The lowest BCUT2D eigenvalue weighted by molar-refractivity contribution is 0.0926. The summed E-state index contributed by atoms with van der Waals surface area (Å²) < 4.78 is 3.94. The first-order chi connectivity index (χ1) is 9.43. The average molecular weight is 296 g/mol. The normalized spacial score (nSPS) is 18.2. The van der Waals surface area contributed by atoms with Crippen molar-refractivity contribution >= 4 is 17.4 Å². The maximum atomic E-state index is 12.5. The van der Waals surface area contributed by atoms with Gasteiger partial charge in [-0.1, -0.05) is 38.1 Å². The molecule has 1 aromatic heterocycles. The molecule has 3 N–H and O–H groups in total.